The summed E-state index contributed by atoms with van der Waals surface area (Å²) < 4.78 is 3.65. The number of piperidine rings is 1. The van der Waals surface area contributed by atoms with E-state index in [2.05, 4.69) is 0 Å². The van der Waals surface area contributed by atoms with Gasteiger partial charge >= 0.3 is 6.09 Å². The van der Waals surface area contributed by atoms with Crippen molar-refractivity contribution in [2.24, 2.45) is 0 Å². The number of alkyl halides is 3. The quantitative estimate of drug-likeness (QED) is 0.790. The van der Waals surface area contributed by atoms with Crippen LogP contribution in [0.25, 0.3) is 0 Å². The lowest BCUT2D eigenvalue weighted by atomic mass is 9.87. The van der Waals surface area contributed by atoms with Gasteiger partial charge in [0, 0.05) is 24.9 Å². The molecular formula is C16H18Cl3NO3. The number of benzene rings is 1. The Morgan fingerprint density at radius 3 is 2.30 bits per heavy atom. The Bertz CT molecular complexity index is 562. The fraction of sp³-hybridized carbons (Fsp3) is 0.562. The number of carbonyl (C=O) groups excluding carboxylic acids is 1. The minimum absolute atomic E-state index is 0.155. The number of hydrogen-bond acceptors (Lipinski definition) is 3. The predicted octanol–water partition coefficient (Wildman–Crippen LogP) is 4.05. The molecule has 2 fully saturated rings. The second-order valence-corrected chi connectivity index (χ2v) is 8.55. The maximum absolute atomic E-state index is 12.4. The number of ether oxygens (including phenoxy) is 1. The fourth-order valence-electron chi connectivity index (χ4n) is 3.55. The van der Waals surface area contributed by atoms with Gasteiger partial charge < -0.3 is 14.7 Å². The van der Waals surface area contributed by atoms with Crippen molar-refractivity contribution in [3.8, 4) is 0 Å². The minimum atomic E-state index is -1.76. The predicted molar refractivity (Wildman–Crippen MR) is 89.7 cm³/mol. The molecule has 2 bridgehead atoms. The number of aliphatic hydroxyl groups is 1. The number of nitrogens with zero attached hydrogens (tertiary/aromatic N) is 1. The van der Waals surface area contributed by atoms with Crippen LogP contribution in [0.4, 0.5) is 4.79 Å². The highest BCUT2D eigenvalue weighted by Gasteiger charge is 2.57. The van der Waals surface area contributed by atoms with Crippen molar-refractivity contribution in [2.75, 3.05) is 0 Å². The summed E-state index contributed by atoms with van der Waals surface area (Å²) >= 11 is 17.8. The summed E-state index contributed by atoms with van der Waals surface area (Å²) in [5.41, 5.74) is -0.470. The van der Waals surface area contributed by atoms with Crippen molar-refractivity contribution in [1.29, 1.82) is 0 Å². The van der Waals surface area contributed by atoms with Crippen molar-refractivity contribution >= 4 is 40.9 Å². The first-order chi connectivity index (χ1) is 10.8. The van der Waals surface area contributed by atoms with Crippen LogP contribution < -0.4 is 0 Å². The summed E-state index contributed by atoms with van der Waals surface area (Å²) in [6.07, 6.45) is 1.70. The highest BCUT2D eigenvalue weighted by molar-refractivity contribution is 6.68. The zero-order valence-corrected chi connectivity index (χ0v) is 14.7. The smallest absolute Gasteiger partial charge is 0.410 e. The Balaban J connectivity index is 1.65. The van der Waals surface area contributed by atoms with E-state index >= 15 is 0 Å². The number of carbonyl (C=O) groups is 1. The summed E-state index contributed by atoms with van der Waals surface area (Å²) in [6, 6.07) is 9.20. The summed E-state index contributed by atoms with van der Waals surface area (Å²) in [5.74, 6) is 0. The van der Waals surface area contributed by atoms with Crippen LogP contribution in [0.2, 0.25) is 0 Å². The average molecular weight is 379 g/mol. The van der Waals surface area contributed by atoms with Crippen molar-refractivity contribution in [3.63, 3.8) is 0 Å². The second kappa shape index (κ2) is 6.32. The summed E-state index contributed by atoms with van der Waals surface area (Å²) in [7, 11) is 0. The molecule has 1 amide bonds. The third kappa shape index (κ3) is 3.41. The van der Waals surface area contributed by atoms with E-state index < -0.39 is 9.39 Å². The Labute approximate surface area is 150 Å². The van der Waals surface area contributed by atoms with Crippen molar-refractivity contribution in [2.45, 2.75) is 53.8 Å². The second-order valence-electron chi connectivity index (χ2n) is 6.27. The van der Waals surface area contributed by atoms with E-state index in [1.807, 2.05) is 30.3 Å². The maximum Gasteiger partial charge on any atom is 0.410 e. The number of hydrogen-bond donors (Lipinski definition) is 1. The maximum atomic E-state index is 12.4. The molecule has 1 aromatic carbocycles. The van der Waals surface area contributed by atoms with Gasteiger partial charge in [-0.3, -0.25) is 0 Å². The number of halogens is 3. The van der Waals surface area contributed by atoms with Gasteiger partial charge in [0.25, 0.3) is 0 Å². The molecule has 3 rings (SSSR count). The van der Waals surface area contributed by atoms with Crippen LogP contribution >= 0.6 is 34.8 Å². The molecule has 2 heterocycles. The molecule has 2 saturated heterocycles. The molecular weight excluding hydrogens is 361 g/mol. The lowest BCUT2D eigenvalue weighted by molar-refractivity contribution is -0.0464. The Hall–Kier alpha value is -0.680. The molecule has 2 unspecified atom stereocenters. The molecule has 2 atom stereocenters. The minimum Gasteiger partial charge on any atom is -0.445 e. The van der Waals surface area contributed by atoms with Crippen LogP contribution in [0, 0.1) is 0 Å². The highest BCUT2D eigenvalue weighted by atomic mass is 35.6. The van der Waals surface area contributed by atoms with Gasteiger partial charge in [0.05, 0.1) is 0 Å². The Morgan fingerprint density at radius 1 is 1.22 bits per heavy atom. The topological polar surface area (TPSA) is 49.8 Å². The standard InChI is InChI=1S/C16H18Cl3NO3/c17-16(18,19)15(22)8-12-6-7-13(9-15)20(12)14(21)23-10-11-4-2-1-3-5-11/h1-5,12-13,22H,6-10H2. The Kier molecular flexibility index (Phi) is 4.71. The van der Waals surface area contributed by atoms with Gasteiger partial charge in [0.15, 0.2) is 0 Å². The molecule has 4 nitrogen and oxygen atoms in total. The summed E-state index contributed by atoms with van der Waals surface area (Å²) in [4.78, 5) is 14.1. The van der Waals surface area contributed by atoms with E-state index in [-0.39, 0.29) is 37.6 Å². The molecule has 7 heteroatoms. The van der Waals surface area contributed by atoms with Crippen LogP contribution in [-0.2, 0) is 11.3 Å². The van der Waals surface area contributed by atoms with Gasteiger partial charge in [-0.15, -0.1) is 0 Å². The number of amides is 1. The first kappa shape index (κ1) is 17.2. The third-order valence-electron chi connectivity index (χ3n) is 4.71. The van der Waals surface area contributed by atoms with Gasteiger partial charge in [-0.05, 0) is 18.4 Å². The van der Waals surface area contributed by atoms with Crippen LogP contribution in [-0.4, -0.2) is 37.6 Å². The molecule has 0 radical (unpaired) electrons. The largest absolute Gasteiger partial charge is 0.445 e. The van der Waals surface area contributed by atoms with Crippen molar-refractivity contribution in [3.05, 3.63) is 35.9 Å². The molecule has 2 aliphatic heterocycles. The molecule has 0 saturated carbocycles. The molecule has 2 aliphatic rings. The van der Waals surface area contributed by atoms with Gasteiger partial charge in [0.2, 0.25) is 3.79 Å². The lowest BCUT2D eigenvalue weighted by Gasteiger charge is -2.45. The fourth-order valence-corrected chi connectivity index (χ4v) is 4.01. The van der Waals surface area contributed by atoms with E-state index in [4.69, 9.17) is 39.5 Å². The van der Waals surface area contributed by atoms with E-state index in [0.717, 1.165) is 18.4 Å². The highest BCUT2D eigenvalue weighted by Crippen LogP contribution is 2.51. The zero-order valence-electron chi connectivity index (χ0n) is 12.4. The summed E-state index contributed by atoms with van der Waals surface area (Å²) in [5, 5.41) is 10.6. The van der Waals surface area contributed by atoms with E-state index in [1.54, 1.807) is 4.90 Å². The monoisotopic (exact) mass is 377 g/mol. The first-order valence-electron chi connectivity index (χ1n) is 7.58. The van der Waals surface area contributed by atoms with Crippen molar-refractivity contribution < 1.29 is 14.6 Å². The molecule has 1 aromatic rings. The SMILES string of the molecule is O=C(OCc1ccccc1)N1C2CCC1CC(O)(C(Cl)(Cl)Cl)C2. The van der Waals surface area contributed by atoms with E-state index in [9.17, 15) is 9.90 Å². The molecule has 1 N–H and O–H groups in total. The summed E-state index contributed by atoms with van der Waals surface area (Å²) in [6.45, 7) is 0.227. The molecule has 23 heavy (non-hydrogen) atoms. The number of fused-ring (bicyclic) bond motifs is 2. The van der Waals surface area contributed by atoms with Gasteiger partial charge in [-0.2, -0.15) is 0 Å². The average Bonchev–Trinajstić information content (AvgIpc) is 2.77. The van der Waals surface area contributed by atoms with Crippen molar-refractivity contribution in [1.82, 2.24) is 4.90 Å². The van der Waals surface area contributed by atoms with Gasteiger partial charge in [-0.1, -0.05) is 65.1 Å². The third-order valence-corrected chi connectivity index (χ3v) is 5.77. The van der Waals surface area contributed by atoms with E-state index in [0.29, 0.717) is 0 Å². The number of rotatable bonds is 2. The van der Waals surface area contributed by atoms with Crippen LogP contribution in [0.15, 0.2) is 30.3 Å². The zero-order chi connectivity index (χ0) is 16.7. The molecule has 0 spiro atoms. The lowest BCUT2D eigenvalue weighted by Crippen LogP contribution is -2.58. The van der Waals surface area contributed by atoms with Gasteiger partial charge in [0.1, 0.15) is 12.2 Å². The molecule has 126 valence electrons. The molecule has 0 aliphatic carbocycles. The normalized spacial score (nSPS) is 30.3. The van der Waals surface area contributed by atoms with Crippen LogP contribution in [0.1, 0.15) is 31.2 Å². The Morgan fingerprint density at radius 2 is 1.78 bits per heavy atom. The first-order valence-corrected chi connectivity index (χ1v) is 8.72. The molecule has 0 aromatic heterocycles. The van der Waals surface area contributed by atoms with E-state index in [1.165, 1.54) is 0 Å². The van der Waals surface area contributed by atoms with Crippen LogP contribution in [0.5, 0.6) is 0 Å². The van der Waals surface area contributed by atoms with Gasteiger partial charge in [-0.25, -0.2) is 4.79 Å². The van der Waals surface area contributed by atoms with Crippen LogP contribution in [0.3, 0.4) is 0 Å².